The minimum Gasteiger partial charge on any atom is -0.378 e. The molecular weight excluding hydrogens is 244 g/mol. The van der Waals surface area contributed by atoms with Crippen molar-refractivity contribution in [3.63, 3.8) is 0 Å². The number of rotatable bonds is 4. The first-order valence-electron chi connectivity index (χ1n) is 6.66. The molecule has 0 spiro atoms. The molecule has 1 N–H and O–H groups in total. The van der Waals surface area contributed by atoms with E-state index < -0.39 is 0 Å². The fourth-order valence-corrected chi connectivity index (χ4v) is 1.79. The molecule has 1 aromatic heterocycles. The van der Waals surface area contributed by atoms with Crippen molar-refractivity contribution in [1.29, 1.82) is 0 Å². The van der Waals surface area contributed by atoms with Gasteiger partial charge >= 0.3 is 0 Å². The zero-order valence-corrected chi connectivity index (χ0v) is 11.4. The maximum atomic E-state index is 11.9. The highest BCUT2D eigenvalue weighted by molar-refractivity contribution is 5.92. The number of hydrogen-bond acceptors (Lipinski definition) is 5. The van der Waals surface area contributed by atoms with Gasteiger partial charge < -0.3 is 15.0 Å². The van der Waals surface area contributed by atoms with Gasteiger partial charge in [0.25, 0.3) is 5.91 Å². The second kappa shape index (κ2) is 6.47. The monoisotopic (exact) mass is 264 g/mol. The molecule has 1 saturated heterocycles. The molecule has 0 aliphatic carbocycles. The minimum atomic E-state index is -0.171. The lowest BCUT2D eigenvalue weighted by atomic mass is 10.2. The normalized spacial score (nSPS) is 17.1. The number of carbonyl (C=O) groups is 1. The molecule has 0 bridgehead atoms. The molecule has 1 aliphatic rings. The number of carbonyl (C=O) groups excluding carboxylic acids is 1. The van der Waals surface area contributed by atoms with Crippen LogP contribution in [0.1, 0.15) is 30.8 Å². The molecule has 2 heterocycles. The summed E-state index contributed by atoms with van der Waals surface area (Å²) in [6.07, 6.45) is 4.07. The number of ether oxygens (including phenoxy) is 1. The predicted molar refractivity (Wildman–Crippen MR) is 72.3 cm³/mol. The average Bonchev–Trinajstić information content (AvgIpc) is 2.48. The fraction of sp³-hybridized carbons (Fsp3) is 0.615. The molecule has 1 amide bonds. The topological polar surface area (TPSA) is 67.4 Å². The smallest absolute Gasteiger partial charge is 0.271 e. The Morgan fingerprint density at radius 3 is 2.74 bits per heavy atom. The molecule has 1 atom stereocenters. The van der Waals surface area contributed by atoms with Crippen LogP contribution in [0, 0.1) is 0 Å². The van der Waals surface area contributed by atoms with Gasteiger partial charge in [0.05, 0.1) is 25.6 Å². The highest BCUT2D eigenvalue weighted by Gasteiger charge is 2.14. The minimum absolute atomic E-state index is 0.146. The van der Waals surface area contributed by atoms with E-state index in [2.05, 4.69) is 20.2 Å². The van der Waals surface area contributed by atoms with Crippen molar-refractivity contribution in [2.45, 2.75) is 26.3 Å². The van der Waals surface area contributed by atoms with E-state index in [9.17, 15) is 4.79 Å². The van der Waals surface area contributed by atoms with Gasteiger partial charge in [-0.2, -0.15) is 0 Å². The van der Waals surface area contributed by atoms with Crippen LogP contribution in [-0.2, 0) is 4.74 Å². The third-order valence-electron chi connectivity index (χ3n) is 3.20. The average molecular weight is 264 g/mol. The first kappa shape index (κ1) is 13.7. The van der Waals surface area contributed by atoms with Crippen molar-refractivity contribution in [3.05, 3.63) is 18.1 Å². The lowest BCUT2D eigenvalue weighted by Gasteiger charge is -2.27. The molecule has 1 unspecified atom stereocenters. The molecule has 1 aromatic rings. The molecule has 0 saturated carbocycles. The summed E-state index contributed by atoms with van der Waals surface area (Å²) in [7, 11) is 0. The van der Waals surface area contributed by atoms with E-state index in [1.54, 1.807) is 6.20 Å². The van der Waals surface area contributed by atoms with Crippen LogP contribution in [0.15, 0.2) is 12.4 Å². The van der Waals surface area contributed by atoms with Crippen LogP contribution in [0.2, 0.25) is 0 Å². The summed E-state index contributed by atoms with van der Waals surface area (Å²) in [5.41, 5.74) is 0.359. The second-order valence-electron chi connectivity index (χ2n) is 4.64. The Bertz CT molecular complexity index is 415. The van der Waals surface area contributed by atoms with E-state index >= 15 is 0 Å². The van der Waals surface area contributed by atoms with Gasteiger partial charge in [0.2, 0.25) is 0 Å². The molecule has 104 valence electrons. The van der Waals surface area contributed by atoms with Gasteiger partial charge in [-0.1, -0.05) is 6.92 Å². The molecule has 2 rings (SSSR count). The molecular formula is C13H20N4O2. The van der Waals surface area contributed by atoms with Gasteiger partial charge in [-0.05, 0) is 13.3 Å². The fourth-order valence-electron chi connectivity index (χ4n) is 1.79. The summed E-state index contributed by atoms with van der Waals surface area (Å²) >= 11 is 0. The number of hydrogen-bond donors (Lipinski definition) is 1. The van der Waals surface area contributed by atoms with Crippen LogP contribution in [0.3, 0.4) is 0 Å². The third-order valence-corrected chi connectivity index (χ3v) is 3.20. The zero-order valence-electron chi connectivity index (χ0n) is 11.4. The van der Waals surface area contributed by atoms with Gasteiger partial charge in [-0.3, -0.25) is 4.79 Å². The number of aromatic nitrogens is 2. The number of amides is 1. The lowest BCUT2D eigenvalue weighted by molar-refractivity contribution is 0.0933. The molecule has 6 heteroatoms. The number of nitrogens with one attached hydrogen (secondary N) is 1. The molecule has 1 fully saturated rings. The zero-order chi connectivity index (χ0) is 13.7. The summed E-state index contributed by atoms with van der Waals surface area (Å²) in [4.78, 5) is 22.4. The second-order valence-corrected chi connectivity index (χ2v) is 4.64. The van der Waals surface area contributed by atoms with Crippen LogP contribution >= 0.6 is 0 Å². The number of anilines is 1. The van der Waals surface area contributed by atoms with Crippen LogP contribution in [0.4, 0.5) is 5.82 Å². The van der Waals surface area contributed by atoms with Gasteiger partial charge in [0.15, 0.2) is 0 Å². The van der Waals surface area contributed by atoms with Crippen LogP contribution < -0.4 is 10.2 Å². The molecule has 6 nitrogen and oxygen atoms in total. The standard InChI is InChI=1S/C13H20N4O2/c1-3-10(2)16-13(18)11-8-15-12(9-14-11)17-4-6-19-7-5-17/h8-10H,3-7H2,1-2H3,(H,16,18). The number of morpholine rings is 1. The molecule has 1 aliphatic heterocycles. The van der Waals surface area contributed by atoms with Crippen molar-refractivity contribution in [3.8, 4) is 0 Å². The Labute approximate surface area is 113 Å². The molecule has 0 aromatic carbocycles. The number of nitrogens with zero attached hydrogens (tertiary/aromatic N) is 3. The van der Waals surface area contributed by atoms with E-state index in [4.69, 9.17) is 4.74 Å². The largest absolute Gasteiger partial charge is 0.378 e. The molecule has 0 radical (unpaired) electrons. The van der Waals surface area contributed by atoms with Gasteiger partial charge in [0, 0.05) is 19.1 Å². The Morgan fingerprint density at radius 2 is 2.16 bits per heavy atom. The van der Waals surface area contributed by atoms with Gasteiger partial charge in [0.1, 0.15) is 11.5 Å². The van der Waals surface area contributed by atoms with E-state index in [0.29, 0.717) is 18.9 Å². The Morgan fingerprint density at radius 1 is 1.42 bits per heavy atom. The van der Waals surface area contributed by atoms with Crippen LogP contribution in [-0.4, -0.2) is 48.2 Å². The van der Waals surface area contributed by atoms with Gasteiger partial charge in [-0.15, -0.1) is 0 Å². The first-order valence-corrected chi connectivity index (χ1v) is 6.66. The van der Waals surface area contributed by atoms with E-state index in [1.807, 2.05) is 13.8 Å². The highest BCUT2D eigenvalue weighted by atomic mass is 16.5. The van der Waals surface area contributed by atoms with Crippen molar-refractivity contribution in [1.82, 2.24) is 15.3 Å². The SMILES string of the molecule is CCC(C)NC(=O)c1cnc(N2CCOCC2)cn1. The maximum Gasteiger partial charge on any atom is 0.271 e. The summed E-state index contributed by atoms with van der Waals surface area (Å²) in [6, 6.07) is 0.146. The Hall–Kier alpha value is -1.69. The first-order chi connectivity index (χ1) is 9.20. The summed E-state index contributed by atoms with van der Waals surface area (Å²) < 4.78 is 5.29. The summed E-state index contributed by atoms with van der Waals surface area (Å²) in [6.45, 7) is 7.03. The van der Waals surface area contributed by atoms with Crippen molar-refractivity contribution >= 4 is 11.7 Å². The van der Waals surface area contributed by atoms with Crippen LogP contribution in [0.25, 0.3) is 0 Å². The quantitative estimate of drug-likeness (QED) is 0.873. The van der Waals surface area contributed by atoms with Crippen molar-refractivity contribution in [2.75, 3.05) is 31.2 Å². The summed E-state index contributed by atoms with van der Waals surface area (Å²) in [5.74, 6) is 0.624. The van der Waals surface area contributed by atoms with Crippen LogP contribution in [0.5, 0.6) is 0 Å². The van der Waals surface area contributed by atoms with Gasteiger partial charge in [-0.25, -0.2) is 9.97 Å². The Balaban J connectivity index is 1.99. The van der Waals surface area contributed by atoms with E-state index in [1.165, 1.54) is 6.20 Å². The predicted octanol–water partition coefficient (Wildman–Crippen LogP) is 0.841. The molecule has 19 heavy (non-hydrogen) atoms. The summed E-state index contributed by atoms with van der Waals surface area (Å²) in [5, 5.41) is 2.87. The van der Waals surface area contributed by atoms with E-state index in [0.717, 1.165) is 25.3 Å². The van der Waals surface area contributed by atoms with Crippen molar-refractivity contribution < 1.29 is 9.53 Å². The van der Waals surface area contributed by atoms with E-state index in [-0.39, 0.29) is 11.9 Å². The lowest BCUT2D eigenvalue weighted by Crippen LogP contribution is -2.37. The third kappa shape index (κ3) is 3.64. The maximum absolute atomic E-state index is 11.9. The highest BCUT2D eigenvalue weighted by Crippen LogP contribution is 2.10. The Kier molecular flexibility index (Phi) is 4.68. The van der Waals surface area contributed by atoms with Crippen molar-refractivity contribution in [2.24, 2.45) is 0 Å².